The molecule has 25 heavy (non-hydrogen) atoms. The van der Waals surface area contributed by atoms with Gasteiger partial charge in [0.25, 0.3) is 5.91 Å². The van der Waals surface area contributed by atoms with Gasteiger partial charge in [-0.2, -0.15) is 0 Å². The molecule has 1 N–H and O–H groups in total. The van der Waals surface area contributed by atoms with Crippen LogP contribution in [-0.4, -0.2) is 19.0 Å². The van der Waals surface area contributed by atoms with Gasteiger partial charge in [-0.15, -0.1) is 11.3 Å². The van der Waals surface area contributed by atoms with Gasteiger partial charge in [-0.3, -0.25) is 4.79 Å². The van der Waals surface area contributed by atoms with Gasteiger partial charge in [0, 0.05) is 10.4 Å². The number of anilines is 1. The summed E-state index contributed by atoms with van der Waals surface area (Å²) in [5.41, 5.74) is 1.88. The molecule has 0 aliphatic heterocycles. The number of hydrogen-bond donors (Lipinski definition) is 1. The molecule has 1 aliphatic rings. The van der Waals surface area contributed by atoms with Crippen molar-refractivity contribution in [3.05, 3.63) is 49.8 Å². The number of methoxy groups -OCH3 is 1. The van der Waals surface area contributed by atoms with E-state index in [9.17, 15) is 9.59 Å². The Morgan fingerprint density at radius 2 is 1.88 bits per heavy atom. The zero-order chi connectivity index (χ0) is 18.0. The molecule has 1 amide bonds. The maximum atomic E-state index is 12.6. The SMILES string of the molecule is COC(=O)c1c(NC(=O)c2ccc(Cl)c(Cl)c2)sc2c1CCCCC2. The van der Waals surface area contributed by atoms with E-state index in [1.807, 2.05) is 0 Å². The Balaban J connectivity index is 1.94. The summed E-state index contributed by atoms with van der Waals surface area (Å²) in [6, 6.07) is 4.68. The van der Waals surface area contributed by atoms with Crippen LogP contribution >= 0.6 is 34.5 Å². The molecule has 132 valence electrons. The number of ether oxygens (including phenoxy) is 1. The maximum Gasteiger partial charge on any atom is 0.341 e. The van der Waals surface area contributed by atoms with Crippen LogP contribution in [0.1, 0.15) is 50.4 Å². The quantitative estimate of drug-likeness (QED) is 0.559. The van der Waals surface area contributed by atoms with Gasteiger partial charge in [-0.25, -0.2) is 4.79 Å². The van der Waals surface area contributed by atoms with Crippen molar-refractivity contribution >= 4 is 51.4 Å². The highest BCUT2D eigenvalue weighted by Gasteiger charge is 2.26. The molecule has 1 aliphatic carbocycles. The average molecular weight is 398 g/mol. The fourth-order valence-electron chi connectivity index (χ4n) is 2.96. The molecule has 1 heterocycles. The number of carbonyl (C=O) groups excluding carboxylic acids is 2. The zero-order valence-corrected chi connectivity index (χ0v) is 16.0. The molecule has 0 saturated heterocycles. The lowest BCUT2D eigenvalue weighted by Gasteiger charge is -2.08. The predicted octanol–water partition coefficient (Wildman–Crippen LogP) is 5.36. The molecule has 0 bridgehead atoms. The van der Waals surface area contributed by atoms with E-state index in [2.05, 4.69) is 5.32 Å². The predicted molar refractivity (Wildman–Crippen MR) is 101 cm³/mol. The lowest BCUT2D eigenvalue weighted by Crippen LogP contribution is -2.14. The van der Waals surface area contributed by atoms with Crippen molar-refractivity contribution in [2.75, 3.05) is 12.4 Å². The molecule has 0 fully saturated rings. The molecule has 2 aromatic rings. The van der Waals surface area contributed by atoms with E-state index in [1.54, 1.807) is 12.1 Å². The highest BCUT2D eigenvalue weighted by Crippen LogP contribution is 2.38. The first kappa shape index (κ1) is 18.2. The molecule has 0 radical (unpaired) electrons. The van der Waals surface area contributed by atoms with E-state index in [-0.39, 0.29) is 5.91 Å². The minimum absolute atomic E-state index is 0.310. The summed E-state index contributed by atoms with van der Waals surface area (Å²) >= 11 is 13.3. The number of rotatable bonds is 3. The number of nitrogens with one attached hydrogen (secondary N) is 1. The zero-order valence-electron chi connectivity index (χ0n) is 13.7. The van der Waals surface area contributed by atoms with Crippen LogP contribution in [0.15, 0.2) is 18.2 Å². The molecule has 4 nitrogen and oxygen atoms in total. The van der Waals surface area contributed by atoms with Crippen molar-refractivity contribution in [3.8, 4) is 0 Å². The van der Waals surface area contributed by atoms with E-state index in [0.717, 1.165) is 42.5 Å². The molecule has 7 heteroatoms. The Hall–Kier alpha value is -1.56. The van der Waals surface area contributed by atoms with Crippen LogP contribution < -0.4 is 5.32 Å². The van der Waals surface area contributed by atoms with E-state index in [4.69, 9.17) is 27.9 Å². The Morgan fingerprint density at radius 1 is 1.12 bits per heavy atom. The van der Waals surface area contributed by atoms with Crippen molar-refractivity contribution in [2.24, 2.45) is 0 Å². The summed E-state index contributed by atoms with van der Waals surface area (Å²) in [4.78, 5) is 26.0. The van der Waals surface area contributed by atoms with E-state index >= 15 is 0 Å². The Bertz CT molecular complexity index is 832. The molecule has 1 aromatic heterocycles. The topological polar surface area (TPSA) is 55.4 Å². The van der Waals surface area contributed by atoms with Crippen LogP contribution in [-0.2, 0) is 17.6 Å². The molecular formula is C18H17Cl2NO3S. The molecular weight excluding hydrogens is 381 g/mol. The first-order valence-corrected chi connectivity index (χ1v) is 9.57. The van der Waals surface area contributed by atoms with Crippen LogP contribution in [0.2, 0.25) is 10.0 Å². The number of thiophene rings is 1. The first-order chi connectivity index (χ1) is 12.0. The van der Waals surface area contributed by atoms with Gasteiger partial charge < -0.3 is 10.1 Å². The minimum atomic E-state index is -0.413. The number of amides is 1. The lowest BCUT2D eigenvalue weighted by molar-refractivity contribution is 0.0601. The van der Waals surface area contributed by atoms with Crippen molar-refractivity contribution in [3.63, 3.8) is 0 Å². The summed E-state index contributed by atoms with van der Waals surface area (Å²) in [6.07, 6.45) is 5.03. The summed E-state index contributed by atoms with van der Waals surface area (Å²) in [7, 11) is 1.35. The maximum absolute atomic E-state index is 12.6. The second kappa shape index (κ2) is 7.77. The van der Waals surface area contributed by atoms with Gasteiger partial charge in [-0.1, -0.05) is 29.6 Å². The van der Waals surface area contributed by atoms with Crippen molar-refractivity contribution in [2.45, 2.75) is 32.1 Å². The Morgan fingerprint density at radius 3 is 2.60 bits per heavy atom. The summed E-state index contributed by atoms with van der Waals surface area (Å²) in [5.74, 6) is -0.746. The van der Waals surface area contributed by atoms with Gasteiger partial charge in [0.15, 0.2) is 0 Å². The summed E-state index contributed by atoms with van der Waals surface area (Å²) in [5, 5.41) is 4.08. The van der Waals surface area contributed by atoms with Crippen LogP contribution in [0.25, 0.3) is 0 Å². The Labute approximate surface area is 160 Å². The normalized spacial score (nSPS) is 13.7. The molecule has 0 atom stereocenters. The van der Waals surface area contributed by atoms with E-state index < -0.39 is 5.97 Å². The summed E-state index contributed by atoms with van der Waals surface area (Å²) < 4.78 is 4.94. The average Bonchev–Trinajstić information content (AvgIpc) is 2.77. The molecule has 0 saturated carbocycles. The second-order valence-corrected chi connectivity index (χ2v) is 7.76. The van der Waals surface area contributed by atoms with Crippen LogP contribution in [0.4, 0.5) is 5.00 Å². The number of fused-ring (bicyclic) bond motifs is 1. The van der Waals surface area contributed by atoms with Crippen LogP contribution in [0.5, 0.6) is 0 Å². The molecule has 1 aromatic carbocycles. The minimum Gasteiger partial charge on any atom is -0.465 e. The third-order valence-electron chi connectivity index (χ3n) is 4.22. The van der Waals surface area contributed by atoms with E-state index in [1.165, 1.54) is 24.5 Å². The largest absolute Gasteiger partial charge is 0.465 e. The fourth-order valence-corrected chi connectivity index (χ4v) is 4.53. The van der Waals surface area contributed by atoms with Gasteiger partial charge in [0.2, 0.25) is 0 Å². The number of hydrogen-bond acceptors (Lipinski definition) is 4. The number of aryl methyl sites for hydroxylation is 1. The third-order valence-corrected chi connectivity index (χ3v) is 6.17. The molecule has 0 spiro atoms. The van der Waals surface area contributed by atoms with Crippen molar-refractivity contribution < 1.29 is 14.3 Å². The fraction of sp³-hybridized carbons (Fsp3) is 0.333. The van der Waals surface area contributed by atoms with Crippen LogP contribution in [0, 0.1) is 0 Å². The standard InChI is InChI=1S/C18H17Cl2NO3S/c1-24-18(23)15-11-5-3-2-4-6-14(11)25-17(15)21-16(22)10-7-8-12(19)13(20)9-10/h7-9H,2-6H2,1H3,(H,21,22). The molecule has 0 unspecified atom stereocenters. The first-order valence-electron chi connectivity index (χ1n) is 8.00. The number of benzene rings is 1. The summed E-state index contributed by atoms with van der Waals surface area (Å²) in [6.45, 7) is 0. The lowest BCUT2D eigenvalue weighted by atomic mass is 10.1. The highest BCUT2D eigenvalue weighted by molar-refractivity contribution is 7.17. The van der Waals surface area contributed by atoms with Gasteiger partial charge in [0.05, 0.1) is 22.7 Å². The van der Waals surface area contributed by atoms with Gasteiger partial charge in [-0.05, 0) is 49.4 Å². The van der Waals surface area contributed by atoms with Crippen molar-refractivity contribution in [1.29, 1.82) is 0 Å². The smallest absolute Gasteiger partial charge is 0.341 e. The van der Waals surface area contributed by atoms with E-state index in [0.29, 0.717) is 26.2 Å². The highest BCUT2D eigenvalue weighted by atomic mass is 35.5. The van der Waals surface area contributed by atoms with Crippen molar-refractivity contribution in [1.82, 2.24) is 0 Å². The molecule has 3 rings (SSSR count). The van der Waals surface area contributed by atoms with Gasteiger partial charge >= 0.3 is 5.97 Å². The number of halogens is 2. The van der Waals surface area contributed by atoms with Gasteiger partial charge in [0.1, 0.15) is 5.00 Å². The Kier molecular flexibility index (Phi) is 5.67. The second-order valence-electron chi connectivity index (χ2n) is 5.84. The monoisotopic (exact) mass is 397 g/mol. The number of esters is 1. The number of carbonyl (C=O) groups is 2. The van der Waals surface area contributed by atoms with Crippen LogP contribution in [0.3, 0.4) is 0 Å². The third kappa shape index (κ3) is 3.84.